The molecule has 0 aromatic heterocycles. The van der Waals surface area contributed by atoms with Gasteiger partial charge in [-0.05, 0) is 12.8 Å². The summed E-state index contributed by atoms with van der Waals surface area (Å²) in [4.78, 5) is 17.4. The molecule has 1 heterocycles. The molecule has 1 rings (SSSR count). The first kappa shape index (κ1) is 18.2. The fourth-order valence-corrected chi connectivity index (χ4v) is 1.74. The van der Waals surface area contributed by atoms with Crippen LogP contribution in [0.25, 0.3) is 0 Å². The Balaban J connectivity index is 0.00000324. The molecule has 1 aliphatic rings. The van der Waals surface area contributed by atoms with Crippen LogP contribution in [0.5, 0.6) is 0 Å². The summed E-state index contributed by atoms with van der Waals surface area (Å²) in [5.74, 6) is 0.389. The predicted octanol–water partition coefficient (Wildman–Crippen LogP) is 0.330. The zero-order valence-electron chi connectivity index (χ0n) is 11.5. The number of carbonyl (C=O) groups is 1. The number of amides is 1. The molecule has 19 heavy (non-hydrogen) atoms. The van der Waals surface area contributed by atoms with Crippen LogP contribution in [-0.4, -0.2) is 56.2 Å². The minimum Gasteiger partial charge on any atom is -0.370 e. The fourth-order valence-electron chi connectivity index (χ4n) is 1.74. The van der Waals surface area contributed by atoms with Crippen LogP contribution in [-0.2, 0) is 9.53 Å². The normalized spacial score (nSPS) is 22.5. The Kier molecular flexibility index (Phi) is 8.73. The van der Waals surface area contributed by atoms with Crippen molar-refractivity contribution in [1.82, 2.24) is 10.2 Å². The summed E-state index contributed by atoms with van der Waals surface area (Å²) in [6, 6.07) is 0. The predicted molar refractivity (Wildman–Crippen MR) is 86.7 cm³/mol. The molecule has 1 amide bonds. The summed E-state index contributed by atoms with van der Waals surface area (Å²) in [6.07, 6.45) is 2.94. The zero-order chi connectivity index (χ0) is 13.5. The highest BCUT2D eigenvalue weighted by Gasteiger charge is 2.31. The van der Waals surface area contributed by atoms with Gasteiger partial charge >= 0.3 is 0 Å². The number of carbonyl (C=O) groups excluding carboxylic acids is 1. The zero-order valence-corrected chi connectivity index (χ0v) is 13.8. The monoisotopic (exact) mass is 382 g/mol. The van der Waals surface area contributed by atoms with E-state index in [1.54, 1.807) is 25.1 Å². The summed E-state index contributed by atoms with van der Waals surface area (Å²) < 4.78 is 5.64. The molecule has 1 saturated heterocycles. The molecular weight excluding hydrogens is 359 g/mol. The number of likely N-dealkylation sites (N-methyl/N-ethyl adjacent to an activating group) is 1. The highest BCUT2D eigenvalue weighted by atomic mass is 127. The molecule has 0 spiro atoms. The van der Waals surface area contributed by atoms with Gasteiger partial charge in [0.15, 0.2) is 5.96 Å². The van der Waals surface area contributed by atoms with Gasteiger partial charge < -0.3 is 20.7 Å². The van der Waals surface area contributed by atoms with Gasteiger partial charge in [0.05, 0.1) is 12.6 Å². The van der Waals surface area contributed by atoms with E-state index in [9.17, 15) is 4.79 Å². The Morgan fingerprint density at radius 3 is 2.84 bits per heavy atom. The van der Waals surface area contributed by atoms with Crippen molar-refractivity contribution in [3.8, 4) is 0 Å². The maximum Gasteiger partial charge on any atom is 0.251 e. The number of rotatable bonds is 5. The van der Waals surface area contributed by atoms with Crippen molar-refractivity contribution in [2.24, 2.45) is 10.7 Å². The number of hydrogen-bond donors (Lipinski definition) is 2. The summed E-state index contributed by atoms with van der Waals surface area (Å²) >= 11 is 0. The van der Waals surface area contributed by atoms with Crippen LogP contribution < -0.4 is 11.1 Å². The molecule has 6 nitrogen and oxygen atoms in total. The van der Waals surface area contributed by atoms with Crippen LogP contribution >= 0.6 is 24.0 Å². The minimum atomic E-state index is -0.331. The molecular formula is C12H23IN4O2. The molecule has 0 radical (unpaired) electrons. The quantitative estimate of drug-likeness (QED) is 0.311. The molecule has 0 aromatic rings. The molecule has 0 saturated carbocycles. The SMILES string of the molecule is C=CCNC(N)=NCC1CCC(C(=O)N(C)C)O1.I. The van der Waals surface area contributed by atoms with E-state index in [0.717, 1.165) is 12.8 Å². The van der Waals surface area contributed by atoms with Crippen molar-refractivity contribution < 1.29 is 9.53 Å². The van der Waals surface area contributed by atoms with Gasteiger partial charge in [-0.3, -0.25) is 9.79 Å². The van der Waals surface area contributed by atoms with E-state index < -0.39 is 0 Å². The lowest BCUT2D eigenvalue weighted by molar-refractivity contribution is -0.140. The molecule has 0 aromatic carbocycles. The molecule has 0 aliphatic carbocycles. The lowest BCUT2D eigenvalue weighted by atomic mass is 10.2. The van der Waals surface area contributed by atoms with Gasteiger partial charge in [0.2, 0.25) is 0 Å². The lowest BCUT2D eigenvalue weighted by Gasteiger charge is -2.16. The van der Waals surface area contributed by atoms with E-state index in [2.05, 4.69) is 16.9 Å². The molecule has 2 atom stereocenters. The Hall–Kier alpha value is -0.830. The smallest absolute Gasteiger partial charge is 0.251 e. The van der Waals surface area contributed by atoms with E-state index in [1.165, 1.54) is 0 Å². The van der Waals surface area contributed by atoms with Crippen molar-refractivity contribution in [1.29, 1.82) is 0 Å². The summed E-state index contributed by atoms with van der Waals surface area (Å²) in [7, 11) is 3.46. The van der Waals surface area contributed by atoms with Gasteiger partial charge in [-0.15, -0.1) is 30.6 Å². The van der Waals surface area contributed by atoms with Crippen molar-refractivity contribution in [2.75, 3.05) is 27.2 Å². The van der Waals surface area contributed by atoms with Crippen molar-refractivity contribution in [3.05, 3.63) is 12.7 Å². The first-order valence-electron chi connectivity index (χ1n) is 6.06. The first-order valence-corrected chi connectivity index (χ1v) is 6.06. The summed E-state index contributed by atoms with van der Waals surface area (Å²) in [5.41, 5.74) is 5.64. The van der Waals surface area contributed by atoms with E-state index in [1.807, 2.05) is 0 Å². The van der Waals surface area contributed by atoms with Gasteiger partial charge in [0.1, 0.15) is 6.10 Å². The van der Waals surface area contributed by atoms with Gasteiger partial charge in [0.25, 0.3) is 5.91 Å². The Labute approximate surface area is 131 Å². The first-order chi connectivity index (χ1) is 8.54. The van der Waals surface area contributed by atoms with Crippen LogP contribution in [0.3, 0.4) is 0 Å². The number of hydrogen-bond acceptors (Lipinski definition) is 3. The number of ether oxygens (including phenoxy) is 1. The fraction of sp³-hybridized carbons (Fsp3) is 0.667. The maximum absolute atomic E-state index is 11.7. The number of nitrogens with zero attached hydrogens (tertiary/aromatic N) is 2. The van der Waals surface area contributed by atoms with Crippen molar-refractivity contribution in [2.45, 2.75) is 25.0 Å². The molecule has 1 fully saturated rings. The maximum atomic E-state index is 11.7. The third-order valence-corrected chi connectivity index (χ3v) is 2.72. The summed E-state index contributed by atoms with van der Waals surface area (Å²) in [5, 5.41) is 2.89. The van der Waals surface area contributed by atoms with Crippen LogP contribution in [0, 0.1) is 0 Å². The average molecular weight is 382 g/mol. The van der Waals surface area contributed by atoms with Crippen LogP contribution in [0.1, 0.15) is 12.8 Å². The molecule has 7 heteroatoms. The van der Waals surface area contributed by atoms with Gasteiger partial charge in [-0.25, -0.2) is 0 Å². The molecule has 1 aliphatic heterocycles. The number of nitrogens with one attached hydrogen (secondary N) is 1. The van der Waals surface area contributed by atoms with Crippen molar-refractivity contribution in [3.63, 3.8) is 0 Å². The molecule has 3 N–H and O–H groups in total. The largest absolute Gasteiger partial charge is 0.370 e. The minimum absolute atomic E-state index is 0. The second-order valence-corrected chi connectivity index (χ2v) is 4.45. The Bertz CT molecular complexity index is 334. The van der Waals surface area contributed by atoms with Crippen LogP contribution in [0.15, 0.2) is 17.6 Å². The Morgan fingerprint density at radius 2 is 2.26 bits per heavy atom. The second kappa shape index (κ2) is 9.13. The van der Waals surface area contributed by atoms with E-state index in [-0.39, 0.29) is 42.1 Å². The van der Waals surface area contributed by atoms with Gasteiger partial charge in [-0.1, -0.05) is 6.08 Å². The molecule has 0 bridgehead atoms. The Morgan fingerprint density at radius 1 is 1.58 bits per heavy atom. The molecule has 2 unspecified atom stereocenters. The van der Waals surface area contributed by atoms with E-state index in [0.29, 0.717) is 19.0 Å². The number of guanidine groups is 1. The highest BCUT2D eigenvalue weighted by molar-refractivity contribution is 14.0. The number of nitrogens with two attached hydrogens (primary N) is 1. The standard InChI is InChI=1S/C12H22N4O2.HI/c1-4-7-14-12(13)15-8-9-5-6-10(18-9)11(17)16(2)3;/h4,9-10H,1,5-8H2,2-3H3,(H3,13,14,15);1H. The van der Waals surface area contributed by atoms with Gasteiger partial charge in [-0.2, -0.15) is 0 Å². The highest BCUT2D eigenvalue weighted by Crippen LogP contribution is 2.21. The number of aliphatic imine (C=N–C) groups is 1. The second-order valence-electron chi connectivity index (χ2n) is 4.45. The van der Waals surface area contributed by atoms with Crippen molar-refractivity contribution >= 4 is 35.8 Å². The lowest BCUT2D eigenvalue weighted by Crippen LogP contribution is -2.34. The topological polar surface area (TPSA) is 79.9 Å². The molecule has 110 valence electrons. The van der Waals surface area contributed by atoms with Gasteiger partial charge in [0, 0.05) is 20.6 Å². The van der Waals surface area contributed by atoms with Crippen LogP contribution in [0.2, 0.25) is 0 Å². The third kappa shape index (κ3) is 6.24. The summed E-state index contributed by atoms with van der Waals surface area (Å²) in [6.45, 7) is 4.64. The third-order valence-electron chi connectivity index (χ3n) is 2.72. The van der Waals surface area contributed by atoms with Crippen LogP contribution in [0.4, 0.5) is 0 Å². The number of halogens is 1. The van der Waals surface area contributed by atoms with E-state index in [4.69, 9.17) is 10.5 Å². The average Bonchev–Trinajstić information content (AvgIpc) is 2.81. The van der Waals surface area contributed by atoms with E-state index >= 15 is 0 Å².